The van der Waals surface area contributed by atoms with Gasteiger partial charge in [0.05, 0.1) is 0 Å². The topological polar surface area (TPSA) is 17.8 Å². The Morgan fingerprint density at radius 3 is 2.93 bits per heavy atom. The van der Waals surface area contributed by atoms with Crippen LogP contribution in [0.15, 0.2) is 16.6 Å². The number of aromatic nitrogens is 2. The molecule has 0 saturated carbocycles. The van der Waals surface area contributed by atoms with Crippen molar-refractivity contribution in [2.24, 2.45) is 0 Å². The average Bonchev–Trinajstić information content (AvgIpc) is 2.43. The van der Waals surface area contributed by atoms with Gasteiger partial charge in [0.1, 0.15) is 15.0 Å². The van der Waals surface area contributed by atoms with E-state index < -0.39 is 0 Å². The second kappa shape index (κ2) is 3.77. The molecule has 2 rings (SSSR count). The molecule has 1 heterocycles. The molecule has 14 heavy (non-hydrogen) atoms. The third-order valence-corrected chi connectivity index (χ3v) is 3.27. The quantitative estimate of drug-likeness (QED) is 0.704. The molecular formula is C9H7BrFIN2. The molecule has 2 nitrogen and oxygen atoms in total. The molecule has 0 radical (unpaired) electrons. The van der Waals surface area contributed by atoms with Gasteiger partial charge in [-0.1, -0.05) is 15.9 Å². The van der Waals surface area contributed by atoms with Crippen molar-refractivity contribution in [2.45, 2.75) is 13.5 Å². The Balaban J connectivity index is 2.89. The van der Waals surface area contributed by atoms with Gasteiger partial charge >= 0.3 is 0 Å². The summed E-state index contributed by atoms with van der Waals surface area (Å²) in [7, 11) is 0. The maximum Gasteiger partial charge on any atom is 0.150 e. The van der Waals surface area contributed by atoms with Crippen LogP contribution in [-0.2, 0) is 6.54 Å². The van der Waals surface area contributed by atoms with Gasteiger partial charge in [-0.3, -0.25) is 4.68 Å². The van der Waals surface area contributed by atoms with Crippen LogP contribution < -0.4 is 0 Å². The summed E-state index contributed by atoms with van der Waals surface area (Å²) in [5.41, 5.74) is 0.583. The summed E-state index contributed by atoms with van der Waals surface area (Å²) in [5, 5.41) is 5.11. The van der Waals surface area contributed by atoms with Gasteiger partial charge in [0, 0.05) is 16.4 Å². The number of rotatable bonds is 1. The van der Waals surface area contributed by atoms with Crippen LogP contribution in [0.5, 0.6) is 0 Å². The van der Waals surface area contributed by atoms with Crippen LogP contribution in [0.4, 0.5) is 4.39 Å². The zero-order valence-electron chi connectivity index (χ0n) is 7.39. The Kier molecular flexibility index (Phi) is 2.79. The van der Waals surface area contributed by atoms with Gasteiger partial charge in [-0.15, -0.1) is 0 Å². The van der Waals surface area contributed by atoms with E-state index in [2.05, 4.69) is 43.6 Å². The fourth-order valence-corrected chi connectivity index (χ4v) is 2.53. The van der Waals surface area contributed by atoms with E-state index >= 15 is 0 Å². The smallest absolute Gasteiger partial charge is 0.150 e. The van der Waals surface area contributed by atoms with E-state index in [0.29, 0.717) is 12.1 Å². The largest absolute Gasteiger partial charge is 0.261 e. The molecule has 0 atom stereocenters. The Hall–Kier alpha value is -0.170. The Labute approximate surface area is 103 Å². The highest BCUT2D eigenvalue weighted by Crippen LogP contribution is 2.26. The van der Waals surface area contributed by atoms with E-state index in [1.54, 1.807) is 4.68 Å². The first-order valence-electron chi connectivity index (χ1n) is 4.14. The van der Waals surface area contributed by atoms with Crippen LogP contribution in [0, 0.1) is 9.52 Å². The fraction of sp³-hybridized carbons (Fsp3) is 0.222. The Morgan fingerprint density at radius 1 is 1.57 bits per heavy atom. The second-order valence-electron chi connectivity index (χ2n) is 2.89. The lowest BCUT2D eigenvalue weighted by atomic mass is 10.2. The van der Waals surface area contributed by atoms with Crippen LogP contribution in [-0.4, -0.2) is 9.78 Å². The molecule has 74 valence electrons. The van der Waals surface area contributed by atoms with Crippen LogP contribution in [0.1, 0.15) is 6.92 Å². The van der Waals surface area contributed by atoms with Crippen LogP contribution in [0.2, 0.25) is 0 Å². The molecule has 1 aromatic carbocycles. The van der Waals surface area contributed by atoms with Crippen molar-refractivity contribution < 1.29 is 4.39 Å². The first-order valence-corrected chi connectivity index (χ1v) is 6.01. The monoisotopic (exact) mass is 368 g/mol. The van der Waals surface area contributed by atoms with E-state index in [1.165, 1.54) is 6.07 Å². The zero-order valence-corrected chi connectivity index (χ0v) is 11.1. The molecule has 0 amide bonds. The summed E-state index contributed by atoms with van der Waals surface area (Å²) in [4.78, 5) is 0. The SMILES string of the molecule is CCn1nc(I)c2cc(Br)cc(F)c21. The van der Waals surface area contributed by atoms with Crippen molar-refractivity contribution in [3.05, 3.63) is 26.1 Å². The maximum atomic E-state index is 13.6. The van der Waals surface area contributed by atoms with Crippen molar-refractivity contribution in [3.63, 3.8) is 0 Å². The lowest BCUT2D eigenvalue weighted by molar-refractivity contribution is 0.608. The average molecular weight is 369 g/mol. The minimum Gasteiger partial charge on any atom is -0.261 e. The number of fused-ring (bicyclic) bond motifs is 1. The number of halogens is 3. The van der Waals surface area contributed by atoms with Gasteiger partial charge in [0.15, 0.2) is 0 Å². The van der Waals surface area contributed by atoms with E-state index in [0.717, 1.165) is 13.6 Å². The van der Waals surface area contributed by atoms with Crippen molar-refractivity contribution in [2.75, 3.05) is 0 Å². The van der Waals surface area contributed by atoms with Crippen molar-refractivity contribution in [1.82, 2.24) is 9.78 Å². The van der Waals surface area contributed by atoms with Crippen molar-refractivity contribution in [3.8, 4) is 0 Å². The molecule has 0 spiro atoms. The molecular weight excluding hydrogens is 362 g/mol. The van der Waals surface area contributed by atoms with Gasteiger partial charge < -0.3 is 0 Å². The predicted molar refractivity (Wildman–Crippen MR) is 65.8 cm³/mol. The highest BCUT2D eigenvalue weighted by Gasteiger charge is 2.12. The lowest BCUT2D eigenvalue weighted by Crippen LogP contribution is -1.97. The first-order chi connectivity index (χ1) is 6.63. The number of hydrogen-bond donors (Lipinski definition) is 0. The van der Waals surface area contributed by atoms with E-state index in [4.69, 9.17) is 0 Å². The standard InChI is InChI=1S/C9H7BrFIN2/c1-2-14-8-6(9(12)13-14)3-5(10)4-7(8)11/h3-4H,2H2,1H3. The molecule has 0 bridgehead atoms. The maximum absolute atomic E-state index is 13.6. The highest BCUT2D eigenvalue weighted by molar-refractivity contribution is 14.1. The lowest BCUT2D eigenvalue weighted by Gasteiger charge is -1.99. The van der Waals surface area contributed by atoms with Crippen LogP contribution >= 0.6 is 38.5 Å². The molecule has 0 N–H and O–H groups in total. The van der Waals surface area contributed by atoms with Gasteiger partial charge in [-0.05, 0) is 41.6 Å². The molecule has 0 saturated heterocycles. The Bertz CT molecular complexity index is 495. The number of nitrogens with zero attached hydrogens (tertiary/aromatic N) is 2. The Morgan fingerprint density at radius 2 is 2.29 bits per heavy atom. The summed E-state index contributed by atoms with van der Waals surface area (Å²) in [5.74, 6) is -0.230. The third kappa shape index (κ3) is 1.56. The first kappa shape index (κ1) is 10.4. The van der Waals surface area contributed by atoms with Gasteiger partial charge in [0.2, 0.25) is 0 Å². The molecule has 0 aliphatic rings. The predicted octanol–water partition coefficient (Wildman–Crippen LogP) is 3.56. The summed E-state index contributed by atoms with van der Waals surface area (Å²) >= 11 is 5.38. The number of benzene rings is 1. The summed E-state index contributed by atoms with van der Waals surface area (Å²) in [6, 6.07) is 3.35. The van der Waals surface area contributed by atoms with Crippen molar-refractivity contribution in [1.29, 1.82) is 0 Å². The molecule has 0 aliphatic carbocycles. The minimum absolute atomic E-state index is 0.230. The molecule has 0 fully saturated rings. The molecule has 2 aromatic rings. The second-order valence-corrected chi connectivity index (χ2v) is 4.83. The zero-order chi connectivity index (χ0) is 10.3. The summed E-state index contributed by atoms with van der Waals surface area (Å²) in [6.45, 7) is 2.63. The molecule has 1 aromatic heterocycles. The fourth-order valence-electron chi connectivity index (χ4n) is 1.42. The van der Waals surface area contributed by atoms with Crippen LogP contribution in [0.3, 0.4) is 0 Å². The summed E-state index contributed by atoms with van der Waals surface area (Å²) in [6.07, 6.45) is 0. The highest BCUT2D eigenvalue weighted by atomic mass is 127. The minimum atomic E-state index is -0.230. The molecule has 0 unspecified atom stereocenters. The van der Waals surface area contributed by atoms with E-state index in [-0.39, 0.29) is 5.82 Å². The molecule has 5 heteroatoms. The van der Waals surface area contributed by atoms with E-state index in [9.17, 15) is 4.39 Å². The van der Waals surface area contributed by atoms with Crippen LogP contribution in [0.25, 0.3) is 10.9 Å². The van der Waals surface area contributed by atoms with Gasteiger partial charge in [-0.2, -0.15) is 5.10 Å². The number of hydrogen-bond acceptors (Lipinski definition) is 1. The van der Waals surface area contributed by atoms with Crippen molar-refractivity contribution >= 4 is 49.4 Å². The molecule has 0 aliphatic heterocycles. The van der Waals surface area contributed by atoms with Gasteiger partial charge in [0.25, 0.3) is 0 Å². The third-order valence-electron chi connectivity index (χ3n) is 2.02. The summed E-state index contributed by atoms with van der Waals surface area (Å²) < 4.78 is 16.9. The number of aryl methyl sites for hydroxylation is 1. The normalized spacial score (nSPS) is 11.1. The van der Waals surface area contributed by atoms with E-state index in [1.807, 2.05) is 13.0 Å². The van der Waals surface area contributed by atoms with Gasteiger partial charge in [-0.25, -0.2) is 4.39 Å².